The smallest absolute Gasteiger partial charge is 0.322 e. The topological polar surface area (TPSA) is 83.1 Å². The van der Waals surface area contributed by atoms with Gasteiger partial charge in [0.1, 0.15) is 5.75 Å². The van der Waals surface area contributed by atoms with Crippen molar-refractivity contribution in [2.75, 3.05) is 12.4 Å². The third-order valence-electron chi connectivity index (χ3n) is 4.63. The van der Waals surface area contributed by atoms with E-state index in [4.69, 9.17) is 4.74 Å². The van der Waals surface area contributed by atoms with Crippen LogP contribution >= 0.6 is 0 Å². The van der Waals surface area contributed by atoms with E-state index in [1.807, 2.05) is 54.6 Å². The van der Waals surface area contributed by atoms with E-state index < -0.39 is 0 Å². The number of anilines is 1. The minimum absolute atomic E-state index is 0.180. The maximum absolute atomic E-state index is 13.1. The Hall–Kier alpha value is -3.87. The normalized spacial score (nSPS) is 10.7. The van der Waals surface area contributed by atoms with Gasteiger partial charge in [-0.15, -0.1) is 0 Å². The Morgan fingerprint density at radius 3 is 2.48 bits per heavy atom. The molecule has 7 nitrogen and oxygen atoms in total. The van der Waals surface area contributed by atoms with Gasteiger partial charge in [0.15, 0.2) is 0 Å². The number of amides is 2. The number of hydrogen-bond acceptors (Lipinski definition) is 4. The van der Waals surface area contributed by atoms with Crippen molar-refractivity contribution < 1.29 is 9.53 Å². The maximum Gasteiger partial charge on any atom is 0.322 e. The summed E-state index contributed by atoms with van der Waals surface area (Å²) in [4.78, 5) is 18.9. The van der Waals surface area contributed by atoms with Crippen molar-refractivity contribution in [1.82, 2.24) is 20.1 Å². The first-order valence-corrected chi connectivity index (χ1v) is 9.22. The number of carbonyl (C=O) groups is 1. The Kier molecular flexibility index (Phi) is 5.38. The number of benzene rings is 2. The summed E-state index contributed by atoms with van der Waals surface area (Å²) < 4.78 is 5.22. The Morgan fingerprint density at radius 2 is 1.76 bits per heavy atom. The number of pyridine rings is 1. The fraction of sp³-hybridized carbons (Fsp3) is 0.136. The first kappa shape index (κ1) is 18.5. The molecule has 0 saturated carbocycles. The zero-order chi connectivity index (χ0) is 20.1. The van der Waals surface area contributed by atoms with Gasteiger partial charge in [0, 0.05) is 36.6 Å². The van der Waals surface area contributed by atoms with Crippen molar-refractivity contribution in [1.29, 1.82) is 0 Å². The molecule has 0 radical (unpaired) electrons. The van der Waals surface area contributed by atoms with Gasteiger partial charge >= 0.3 is 6.03 Å². The van der Waals surface area contributed by atoms with Crippen molar-refractivity contribution in [2.45, 2.75) is 13.1 Å². The predicted octanol–water partition coefficient (Wildman–Crippen LogP) is 4.20. The lowest BCUT2D eigenvalue weighted by molar-refractivity contribution is 0.206. The highest BCUT2D eigenvalue weighted by Gasteiger charge is 2.15. The molecule has 0 bridgehead atoms. The van der Waals surface area contributed by atoms with Crippen LogP contribution in [-0.2, 0) is 13.1 Å². The second kappa shape index (κ2) is 8.43. The highest BCUT2D eigenvalue weighted by atomic mass is 16.5. The summed E-state index contributed by atoms with van der Waals surface area (Å²) in [5.74, 6) is 0.785. The number of nitrogens with zero attached hydrogens (tertiary/aromatic N) is 3. The first-order chi connectivity index (χ1) is 14.2. The number of aromatic amines is 1. The lowest BCUT2D eigenvalue weighted by atomic mass is 10.2. The molecule has 29 heavy (non-hydrogen) atoms. The summed E-state index contributed by atoms with van der Waals surface area (Å²) in [6.07, 6.45) is 5.19. The molecule has 0 unspecified atom stereocenters. The Bertz CT molecular complexity index is 1090. The highest BCUT2D eigenvalue weighted by Crippen LogP contribution is 2.19. The number of aromatic nitrogens is 3. The average Bonchev–Trinajstić information content (AvgIpc) is 3.22. The van der Waals surface area contributed by atoms with E-state index in [-0.39, 0.29) is 6.03 Å². The van der Waals surface area contributed by atoms with Gasteiger partial charge in [0.2, 0.25) is 0 Å². The number of nitrogens with one attached hydrogen (secondary N) is 2. The van der Waals surface area contributed by atoms with Crippen LogP contribution in [0.15, 0.2) is 73.2 Å². The fourth-order valence-corrected chi connectivity index (χ4v) is 3.08. The Balaban J connectivity index is 1.54. The third kappa shape index (κ3) is 4.52. The van der Waals surface area contributed by atoms with Crippen LogP contribution in [0, 0.1) is 0 Å². The third-order valence-corrected chi connectivity index (χ3v) is 4.63. The van der Waals surface area contributed by atoms with E-state index in [1.165, 1.54) is 0 Å². The lowest BCUT2D eigenvalue weighted by Crippen LogP contribution is -2.34. The number of urea groups is 1. The molecule has 0 aliphatic carbocycles. The van der Waals surface area contributed by atoms with Crippen molar-refractivity contribution >= 4 is 22.6 Å². The summed E-state index contributed by atoms with van der Waals surface area (Å²) >= 11 is 0. The summed E-state index contributed by atoms with van der Waals surface area (Å²) in [6.45, 7) is 0.931. The molecule has 0 atom stereocenters. The van der Waals surface area contributed by atoms with Crippen LogP contribution in [0.1, 0.15) is 11.1 Å². The molecule has 0 fully saturated rings. The lowest BCUT2D eigenvalue weighted by Gasteiger charge is -2.23. The monoisotopic (exact) mass is 387 g/mol. The summed E-state index contributed by atoms with van der Waals surface area (Å²) in [5, 5.41) is 10.9. The molecular weight excluding hydrogens is 366 g/mol. The number of carbonyl (C=O) groups excluding carboxylic acids is 1. The number of methoxy groups -OCH3 is 1. The number of hydrogen-bond donors (Lipinski definition) is 2. The van der Waals surface area contributed by atoms with Crippen molar-refractivity contribution in [2.24, 2.45) is 0 Å². The molecule has 4 aromatic rings. The number of H-pyrrole nitrogens is 1. The fourth-order valence-electron chi connectivity index (χ4n) is 3.08. The van der Waals surface area contributed by atoms with E-state index in [1.54, 1.807) is 30.6 Å². The van der Waals surface area contributed by atoms with Crippen LogP contribution in [0.25, 0.3) is 10.9 Å². The molecular formula is C22H21N5O2. The van der Waals surface area contributed by atoms with Crippen molar-refractivity contribution in [3.05, 3.63) is 84.3 Å². The average molecular weight is 387 g/mol. The second-order valence-electron chi connectivity index (χ2n) is 6.66. The molecule has 0 spiro atoms. The number of fused-ring (bicyclic) bond motifs is 1. The second-order valence-corrected chi connectivity index (χ2v) is 6.66. The summed E-state index contributed by atoms with van der Waals surface area (Å²) in [6, 6.07) is 17.0. The van der Waals surface area contributed by atoms with Crippen LogP contribution in [0.4, 0.5) is 10.5 Å². The molecule has 2 amide bonds. The molecule has 0 saturated heterocycles. The van der Waals surface area contributed by atoms with E-state index in [0.717, 1.165) is 33.5 Å². The number of rotatable bonds is 6. The van der Waals surface area contributed by atoms with E-state index in [9.17, 15) is 4.79 Å². The molecule has 2 aromatic heterocycles. The molecule has 2 heterocycles. The molecule has 0 aliphatic rings. The highest BCUT2D eigenvalue weighted by molar-refractivity contribution is 5.92. The van der Waals surface area contributed by atoms with Gasteiger partial charge in [0.05, 0.1) is 18.8 Å². The van der Waals surface area contributed by atoms with Gasteiger partial charge < -0.3 is 15.0 Å². The van der Waals surface area contributed by atoms with Crippen molar-refractivity contribution in [3.63, 3.8) is 0 Å². The zero-order valence-corrected chi connectivity index (χ0v) is 16.0. The van der Waals surface area contributed by atoms with Crippen LogP contribution in [0.3, 0.4) is 0 Å². The largest absolute Gasteiger partial charge is 0.497 e. The van der Waals surface area contributed by atoms with E-state index in [2.05, 4.69) is 20.5 Å². The molecule has 0 aliphatic heterocycles. The van der Waals surface area contributed by atoms with Gasteiger partial charge in [-0.1, -0.05) is 12.1 Å². The number of ether oxygens (including phenoxy) is 1. The van der Waals surface area contributed by atoms with Gasteiger partial charge in [-0.3, -0.25) is 10.1 Å². The minimum Gasteiger partial charge on any atom is -0.497 e. The maximum atomic E-state index is 13.1. The first-order valence-electron chi connectivity index (χ1n) is 9.22. The van der Waals surface area contributed by atoms with Gasteiger partial charge in [-0.25, -0.2) is 4.79 Å². The van der Waals surface area contributed by atoms with Crippen LogP contribution in [-0.4, -0.2) is 33.2 Å². The molecule has 2 N–H and O–H groups in total. The van der Waals surface area contributed by atoms with Crippen LogP contribution in [0.5, 0.6) is 5.75 Å². The van der Waals surface area contributed by atoms with Gasteiger partial charge in [-0.2, -0.15) is 5.10 Å². The molecule has 4 rings (SSSR count). The van der Waals surface area contributed by atoms with Gasteiger partial charge in [0.25, 0.3) is 0 Å². The van der Waals surface area contributed by atoms with E-state index >= 15 is 0 Å². The van der Waals surface area contributed by atoms with Crippen LogP contribution < -0.4 is 10.1 Å². The summed E-state index contributed by atoms with van der Waals surface area (Å²) in [5.41, 5.74) is 3.67. The SMILES string of the molecule is COc1ccc(CN(Cc2ccncc2)C(=O)Nc2ccc3[nH]ncc3c2)cc1. The van der Waals surface area contributed by atoms with Gasteiger partial charge in [-0.05, 0) is 53.6 Å². The molecule has 7 heteroatoms. The van der Waals surface area contributed by atoms with Crippen molar-refractivity contribution in [3.8, 4) is 5.75 Å². The Labute approximate surface area is 168 Å². The van der Waals surface area contributed by atoms with Crippen LogP contribution in [0.2, 0.25) is 0 Å². The van der Waals surface area contributed by atoms with E-state index in [0.29, 0.717) is 13.1 Å². The zero-order valence-electron chi connectivity index (χ0n) is 16.0. The molecule has 146 valence electrons. The standard InChI is InChI=1S/C22H21N5O2/c1-29-20-5-2-16(3-6-20)14-27(15-17-8-10-23-11-9-17)22(28)25-19-4-7-21-18(12-19)13-24-26-21/h2-13H,14-15H2,1H3,(H,24,26)(H,25,28). The quantitative estimate of drug-likeness (QED) is 0.519. The Morgan fingerprint density at radius 1 is 1.03 bits per heavy atom. The minimum atomic E-state index is -0.180. The molecule has 2 aromatic carbocycles. The predicted molar refractivity (Wildman–Crippen MR) is 112 cm³/mol. The summed E-state index contributed by atoms with van der Waals surface area (Å²) in [7, 11) is 1.63.